The first-order chi connectivity index (χ1) is 11.6. The zero-order valence-electron chi connectivity index (χ0n) is 14.7. The second-order valence-corrected chi connectivity index (χ2v) is 6.71. The van der Waals surface area contributed by atoms with Gasteiger partial charge in [-0.1, -0.05) is 38.1 Å². The smallest absolute Gasteiger partial charge is 0.254 e. The van der Waals surface area contributed by atoms with Crippen molar-refractivity contribution in [3.05, 3.63) is 65.2 Å². The van der Waals surface area contributed by atoms with Crippen LogP contribution in [-0.4, -0.2) is 24.5 Å². The summed E-state index contributed by atoms with van der Waals surface area (Å²) in [7, 11) is 1.67. The molecule has 1 saturated heterocycles. The molecule has 3 heteroatoms. The van der Waals surface area contributed by atoms with E-state index < -0.39 is 0 Å². The van der Waals surface area contributed by atoms with Gasteiger partial charge in [0.05, 0.1) is 13.2 Å². The molecule has 3 nitrogen and oxygen atoms in total. The number of hydrogen-bond acceptors (Lipinski definition) is 2. The Labute approximate surface area is 144 Å². The Kier molecular flexibility index (Phi) is 4.89. The van der Waals surface area contributed by atoms with E-state index in [4.69, 9.17) is 4.74 Å². The molecule has 1 fully saturated rings. The van der Waals surface area contributed by atoms with Crippen LogP contribution < -0.4 is 4.74 Å². The molecule has 2 aromatic rings. The highest BCUT2D eigenvalue weighted by Crippen LogP contribution is 2.34. The molecule has 0 radical (unpaired) electrons. The molecule has 3 rings (SSSR count). The van der Waals surface area contributed by atoms with Crippen molar-refractivity contribution >= 4 is 5.91 Å². The lowest BCUT2D eigenvalue weighted by atomic mass is 10.0. The molecule has 24 heavy (non-hydrogen) atoms. The maximum atomic E-state index is 13.0. The molecule has 0 spiro atoms. The topological polar surface area (TPSA) is 29.5 Å². The summed E-state index contributed by atoms with van der Waals surface area (Å²) in [5.74, 6) is 1.44. The molecule has 126 valence electrons. The van der Waals surface area contributed by atoms with Crippen molar-refractivity contribution in [2.24, 2.45) is 0 Å². The van der Waals surface area contributed by atoms with Crippen LogP contribution in [0.5, 0.6) is 5.75 Å². The first kappa shape index (κ1) is 16.6. The number of amides is 1. The van der Waals surface area contributed by atoms with Gasteiger partial charge < -0.3 is 9.64 Å². The lowest BCUT2D eigenvalue weighted by Gasteiger charge is -2.25. The van der Waals surface area contributed by atoms with E-state index in [2.05, 4.69) is 32.0 Å². The van der Waals surface area contributed by atoms with E-state index >= 15 is 0 Å². The van der Waals surface area contributed by atoms with Crippen molar-refractivity contribution in [2.45, 2.75) is 38.6 Å². The fraction of sp³-hybridized carbons (Fsp3) is 0.381. The molecule has 1 unspecified atom stereocenters. The molecule has 0 saturated carbocycles. The monoisotopic (exact) mass is 323 g/mol. The maximum Gasteiger partial charge on any atom is 0.254 e. The normalized spacial score (nSPS) is 17.3. The fourth-order valence-electron chi connectivity index (χ4n) is 3.38. The van der Waals surface area contributed by atoms with Crippen molar-refractivity contribution in [2.75, 3.05) is 13.7 Å². The van der Waals surface area contributed by atoms with Gasteiger partial charge in [0.15, 0.2) is 0 Å². The average Bonchev–Trinajstić information content (AvgIpc) is 3.11. The summed E-state index contributed by atoms with van der Waals surface area (Å²) in [5, 5.41) is 0. The number of carbonyl (C=O) groups excluding carboxylic acids is 1. The van der Waals surface area contributed by atoms with Gasteiger partial charge in [0.2, 0.25) is 0 Å². The van der Waals surface area contributed by atoms with Crippen LogP contribution in [0, 0.1) is 0 Å². The van der Waals surface area contributed by atoms with E-state index in [0.717, 1.165) is 36.3 Å². The third-order valence-corrected chi connectivity index (χ3v) is 4.82. The maximum absolute atomic E-state index is 13.0. The molecule has 0 aliphatic carbocycles. The Bertz CT molecular complexity index is 706. The van der Waals surface area contributed by atoms with Crippen LogP contribution in [0.2, 0.25) is 0 Å². The number of carbonyl (C=O) groups is 1. The van der Waals surface area contributed by atoms with E-state index in [0.29, 0.717) is 5.92 Å². The number of nitrogens with zero attached hydrogens (tertiary/aromatic N) is 1. The van der Waals surface area contributed by atoms with Crippen molar-refractivity contribution in [3.63, 3.8) is 0 Å². The summed E-state index contributed by atoms with van der Waals surface area (Å²) >= 11 is 0. The number of rotatable bonds is 4. The van der Waals surface area contributed by atoms with E-state index in [1.165, 1.54) is 5.56 Å². The summed E-state index contributed by atoms with van der Waals surface area (Å²) in [6.07, 6.45) is 2.04. The molecule has 1 atom stereocenters. The average molecular weight is 323 g/mol. The van der Waals surface area contributed by atoms with Crippen LogP contribution in [0.1, 0.15) is 60.1 Å². The van der Waals surface area contributed by atoms with Crippen molar-refractivity contribution in [1.29, 1.82) is 0 Å². The third-order valence-electron chi connectivity index (χ3n) is 4.82. The first-order valence-corrected chi connectivity index (χ1v) is 8.65. The van der Waals surface area contributed by atoms with Gasteiger partial charge in [-0.15, -0.1) is 0 Å². The van der Waals surface area contributed by atoms with Gasteiger partial charge in [-0.3, -0.25) is 4.79 Å². The van der Waals surface area contributed by atoms with Crippen LogP contribution in [0.3, 0.4) is 0 Å². The van der Waals surface area contributed by atoms with E-state index in [1.54, 1.807) is 7.11 Å². The SMILES string of the molecule is COc1cccc(C2CCCN2C(=O)c2ccc(C(C)C)cc2)c1. The molecule has 1 amide bonds. The minimum Gasteiger partial charge on any atom is -0.497 e. The Morgan fingerprint density at radius 1 is 1.17 bits per heavy atom. The predicted octanol–water partition coefficient (Wildman–Crippen LogP) is 4.80. The number of hydrogen-bond donors (Lipinski definition) is 0. The second kappa shape index (κ2) is 7.08. The largest absolute Gasteiger partial charge is 0.497 e. The van der Waals surface area contributed by atoms with Gasteiger partial charge >= 0.3 is 0 Å². The summed E-state index contributed by atoms with van der Waals surface area (Å²) in [6.45, 7) is 5.14. The Morgan fingerprint density at radius 3 is 2.58 bits per heavy atom. The van der Waals surface area contributed by atoms with Gasteiger partial charge in [-0.05, 0) is 54.2 Å². The molecule has 2 aromatic carbocycles. The van der Waals surface area contributed by atoms with Crippen molar-refractivity contribution in [1.82, 2.24) is 4.90 Å². The van der Waals surface area contributed by atoms with Crippen LogP contribution in [0.15, 0.2) is 48.5 Å². The van der Waals surface area contributed by atoms with Crippen LogP contribution >= 0.6 is 0 Å². The van der Waals surface area contributed by atoms with Crippen LogP contribution in [0.4, 0.5) is 0 Å². The molecular weight excluding hydrogens is 298 g/mol. The van der Waals surface area contributed by atoms with Crippen LogP contribution in [0.25, 0.3) is 0 Å². The summed E-state index contributed by atoms with van der Waals surface area (Å²) in [6, 6.07) is 16.2. The summed E-state index contributed by atoms with van der Waals surface area (Å²) in [5.41, 5.74) is 3.19. The highest BCUT2D eigenvalue weighted by molar-refractivity contribution is 5.94. The summed E-state index contributed by atoms with van der Waals surface area (Å²) < 4.78 is 5.33. The standard InChI is InChI=1S/C21H25NO2/c1-15(2)16-9-11-17(12-10-16)21(23)22-13-5-8-20(22)18-6-4-7-19(14-18)24-3/h4,6-7,9-12,14-15,20H,5,8,13H2,1-3H3. The Morgan fingerprint density at radius 2 is 1.92 bits per heavy atom. The minimum absolute atomic E-state index is 0.121. The van der Waals surface area contributed by atoms with Gasteiger partial charge in [0.25, 0.3) is 5.91 Å². The number of benzene rings is 2. The molecule has 1 aliphatic rings. The predicted molar refractivity (Wildman–Crippen MR) is 96.5 cm³/mol. The second-order valence-electron chi connectivity index (χ2n) is 6.71. The van der Waals surface area contributed by atoms with E-state index in [9.17, 15) is 4.79 Å². The lowest BCUT2D eigenvalue weighted by Crippen LogP contribution is -2.30. The highest BCUT2D eigenvalue weighted by Gasteiger charge is 2.30. The van der Waals surface area contributed by atoms with Crippen molar-refractivity contribution in [3.8, 4) is 5.75 Å². The number of ether oxygens (including phenoxy) is 1. The number of methoxy groups -OCH3 is 1. The molecule has 1 heterocycles. The molecular formula is C21H25NO2. The molecule has 0 N–H and O–H groups in total. The third kappa shape index (κ3) is 3.30. The highest BCUT2D eigenvalue weighted by atomic mass is 16.5. The molecule has 0 aromatic heterocycles. The fourth-order valence-corrected chi connectivity index (χ4v) is 3.38. The lowest BCUT2D eigenvalue weighted by molar-refractivity contribution is 0.0735. The quantitative estimate of drug-likeness (QED) is 0.809. The molecule has 0 bridgehead atoms. The Balaban J connectivity index is 1.82. The Hall–Kier alpha value is -2.29. The first-order valence-electron chi connectivity index (χ1n) is 8.65. The molecule has 1 aliphatic heterocycles. The zero-order chi connectivity index (χ0) is 17.1. The summed E-state index contributed by atoms with van der Waals surface area (Å²) in [4.78, 5) is 15.0. The van der Waals surface area contributed by atoms with Crippen LogP contribution in [-0.2, 0) is 0 Å². The van der Waals surface area contributed by atoms with Gasteiger partial charge in [0, 0.05) is 12.1 Å². The van der Waals surface area contributed by atoms with E-state index in [1.807, 2.05) is 35.2 Å². The number of likely N-dealkylation sites (tertiary alicyclic amines) is 1. The van der Waals surface area contributed by atoms with Gasteiger partial charge in [-0.25, -0.2) is 0 Å². The zero-order valence-corrected chi connectivity index (χ0v) is 14.7. The van der Waals surface area contributed by atoms with Gasteiger partial charge in [-0.2, -0.15) is 0 Å². The van der Waals surface area contributed by atoms with Gasteiger partial charge in [0.1, 0.15) is 5.75 Å². The van der Waals surface area contributed by atoms with E-state index in [-0.39, 0.29) is 11.9 Å². The minimum atomic E-state index is 0.121. The van der Waals surface area contributed by atoms with Crippen molar-refractivity contribution < 1.29 is 9.53 Å².